The van der Waals surface area contributed by atoms with Gasteiger partial charge in [0.1, 0.15) is 0 Å². The predicted octanol–water partition coefficient (Wildman–Crippen LogP) is 5.40. The number of benzene rings is 3. The van der Waals surface area contributed by atoms with E-state index in [0.717, 1.165) is 26.6 Å². The van der Waals surface area contributed by atoms with Gasteiger partial charge in [-0.15, -0.1) is 0 Å². The van der Waals surface area contributed by atoms with Crippen molar-refractivity contribution in [2.45, 2.75) is 0 Å². The number of anilines is 2. The average Bonchev–Trinajstić information content (AvgIpc) is 3.11. The Hall–Kier alpha value is -3.29. The van der Waals surface area contributed by atoms with Crippen LogP contribution >= 0.6 is 23.6 Å². The molecule has 2 heterocycles. The van der Waals surface area contributed by atoms with E-state index in [1.165, 1.54) is 4.57 Å². The van der Waals surface area contributed by atoms with E-state index in [0.29, 0.717) is 15.8 Å². The number of para-hydroxylation sites is 2. The molecule has 2 aromatic heterocycles. The summed E-state index contributed by atoms with van der Waals surface area (Å²) < 4.78 is 3.02. The first kappa shape index (κ1) is 16.9. The van der Waals surface area contributed by atoms with Crippen LogP contribution in [0.15, 0.2) is 77.6 Å². The minimum absolute atomic E-state index is 0.133. The molecule has 28 heavy (non-hydrogen) atoms. The lowest BCUT2D eigenvalue weighted by Gasteiger charge is -2.09. The molecule has 0 unspecified atom stereocenters. The van der Waals surface area contributed by atoms with E-state index < -0.39 is 0 Å². The minimum atomic E-state index is -0.133. The van der Waals surface area contributed by atoms with Crippen molar-refractivity contribution in [1.82, 2.24) is 14.5 Å². The number of hydrogen-bond donors (Lipinski definition) is 2. The molecule has 0 atom stereocenters. The Morgan fingerprint density at radius 1 is 0.964 bits per heavy atom. The van der Waals surface area contributed by atoms with Gasteiger partial charge in [-0.2, -0.15) is 0 Å². The van der Waals surface area contributed by atoms with E-state index in [-0.39, 0.29) is 5.56 Å². The second-order valence-electron chi connectivity index (χ2n) is 6.27. The zero-order chi connectivity index (χ0) is 19.1. The smallest absolute Gasteiger partial charge is 0.266 e. The monoisotopic (exact) mass is 402 g/mol. The first-order valence-electron chi connectivity index (χ1n) is 8.66. The van der Waals surface area contributed by atoms with Crippen molar-refractivity contribution in [3.8, 4) is 5.69 Å². The molecule has 2 N–H and O–H groups in total. The molecule has 5 nitrogen and oxygen atoms in total. The molecule has 0 radical (unpaired) electrons. The summed E-state index contributed by atoms with van der Waals surface area (Å²) in [5.74, 6) is 0. The van der Waals surface area contributed by atoms with Gasteiger partial charge in [0, 0.05) is 5.69 Å². The number of aromatic amines is 1. The van der Waals surface area contributed by atoms with Crippen molar-refractivity contribution in [3.63, 3.8) is 0 Å². The Morgan fingerprint density at radius 2 is 1.71 bits per heavy atom. The maximum absolute atomic E-state index is 12.9. The Morgan fingerprint density at radius 3 is 2.54 bits per heavy atom. The molecule has 3 aromatic carbocycles. The van der Waals surface area contributed by atoms with Gasteiger partial charge in [0.15, 0.2) is 9.90 Å². The molecule has 0 aliphatic carbocycles. The molecule has 0 fully saturated rings. The molecule has 0 aliphatic heterocycles. The van der Waals surface area contributed by atoms with E-state index in [4.69, 9.17) is 12.2 Å². The SMILES string of the molecule is O=c1c2ccccc2[nH]c(=S)n1-c1ccc(Nc2nc3ccccc3s2)cc1. The van der Waals surface area contributed by atoms with Gasteiger partial charge in [-0.3, -0.25) is 9.36 Å². The normalized spacial score (nSPS) is 11.1. The second-order valence-corrected chi connectivity index (χ2v) is 7.69. The third kappa shape index (κ3) is 2.90. The van der Waals surface area contributed by atoms with Crippen molar-refractivity contribution in [2.24, 2.45) is 0 Å². The molecule has 0 amide bonds. The van der Waals surface area contributed by atoms with Crippen molar-refractivity contribution in [1.29, 1.82) is 0 Å². The Kier molecular flexibility index (Phi) is 4.03. The topological polar surface area (TPSA) is 62.7 Å². The fourth-order valence-electron chi connectivity index (χ4n) is 3.14. The summed E-state index contributed by atoms with van der Waals surface area (Å²) in [4.78, 5) is 20.6. The standard InChI is InChI=1S/C21H14N4OS2/c26-19-15-5-1-2-6-16(15)24-21(27)25(19)14-11-9-13(10-12-14)22-20-23-17-7-3-4-8-18(17)28-20/h1-12H,(H,22,23)(H,24,27). The molecular formula is C21H14N4OS2. The van der Waals surface area contributed by atoms with Gasteiger partial charge in [0.2, 0.25) is 0 Å². The number of rotatable bonds is 3. The van der Waals surface area contributed by atoms with Crippen LogP contribution in [0.1, 0.15) is 0 Å². The highest BCUT2D eigenvalue weighted by molar-refractivity contribution is 7.71. The number of aromatic nitrogens is 3. The molecule has 0 saturated carbocycles. The average molecular weight is 403 g/mol. The zero-order valence-corrected chi connectivity index (χ0v) is 16.2. The third-order valence-electron chi connectivity index (χ3n) is 4.48. The highest BCUT2D eigenvalue weighted by Crippen LogP contribution is 2.28. The molecule has 0 aliphatic rings. The fourth-order valence-corrected chi connectivity index (χ4v) is 4.32. The summed E-state index contributed by atoms with van der Waals surface area (Å²) >= 11 is 7.01. The molecule has 5 aromatic rings. The summed E-state index contributed by atoms with van der Waals surface area (Å²) in [5.41, 5.74) is 3.19. The summed E-state index contributed by atoms with van der Waals surface area (Å²) in [6.45, 7) is 0. The van der Waals surface area contributed by atoms with Crippen LogP contribution < -0.4 is 10.9 Å². The lowest BCUT2D eigenvalue weighted by molar-refractivity contribution is 0.940. The molecule has 5 rings (SSSR count). The number of nitrogens with zero attached hydrogens (tertiary/aromatic N) is 2. The first-order chi connectivity index (χ1) is 13.7. The van der Waals surface area contributed by atoms with Crippen LogP contribution in [0.2, 0.25) is 0 Å². The summed E-state index contributed by atoms with van der Waals surface area (Å²) in [5, 5.41) is 4.75. The van der Waals surface area contributed by atoms with Crippen LogP contribution in [0.25, 0.3) is 26.8 Å². The summed E-state index contributed by atoms with van der Waals surface area (Å²) in [6.07, 6.45) is 0. The van der Waals surface area contributed by atoms with Gasteiger partial charge in [-0.05, 0) is 60.7 Å². The van der Waals surface area contributed by atoms with Gasteiger partial charge in [0.25, 0.3) is 5.56 Å². The Balaban J connectivity index is 1.51. The van der Waals surface area contributed by atoms with Crippen LogP contribution in [-0.2, 0) is 0 Å². The van der Waals surface area contributed by atoms with Gasteiger partial charge in [-0.1, -0.05) is 35.6 Å². The van der Waals surface area contributed by atoms with E-state index in [2.05, 4.69) is 21.4 Å². The van der Waals surface area contributed by atoms with Crippen LogP contribution in [0.4, 0.5) is 10.8 Å². The van der Waals surface area contributed by atoms with E-state index in [1.54, 1.807) is 17.4 Å². The Labute approximate surface area is 168 Å². The second kappa shape index (κ2) is 6.70. The largest absolute Gasteiger partial charge is 0.332 e. The molecule has 136 valence electrons. The number of H-pyrrole nitrogens is 1. The molecule has 0 saturated heterocycles. The molecule has 0 spiro atoms. The van der Waals surface area contributed by atoms with Crippen LogP contribution in [-0.4, -0.2) is 14.5 Å². The third-order valence-corrected chi connectivity index (χ3v) is 5.71. The Bertz CT molecular complexity index is 1400. The zero-order valence-electron chi connectivity index (χ0n) is 14.5. The lowest BCUT2D eigenvalue weighted by Crippen LogP contribution is -2.20. The maximum Gasteiger partial charge on any atom is 0.266 e. The molecular weight excluding hydrogens is 388 g/mol. The predicted molar refractivity (Wildman–Crippen MR) is 118 cm³/mol. The number of hydrogen-bond acceptors (Lipinski definition) is 5. The van der Waals surface area contributed by atoms with E-state index in [9.17, 15) is 4.79 Å². The number of thiazole rings is 1. The van der Waals surface area contributed by atoms with Crippen molar-refractivity contribution in [3.05, 3.63) is 87.9 Å². The fraction of sp³-hybridized carbons (Fsp3) is 0. The molecule has 0 bridgehead atoms. The summed E-state index contributed by atoms with van der Waals surface area (Å²) in [7, 11) is 0. The quantitative estimate of drug-likeness (QED) is 0.397. The van der Waals surface area contributed by atoms with Crippen LogP contribution in [0, 0.1) is 4.77 Å². The first-order valence-corrected chi connectivity index (χ1v) is 9.89. The lowest BCUT2D eigenvalue weighted by atomic mass is 10.2. The van der Waals surface area contributed by atoms with E-state index in [1.807, 2.05) is 60.7 Å². The van der Waals surface area contributed by atoms with Gasteiger partial charge >= 0.3 is 0 Å². The van der Waals surface area contributed by atoms with Crippen LogP contribution in [0.3, 0.4) is 0 Å². The highest BCUT2D eigenvalue weighted by Gasteiger charge is 2.08. The van der Waals surface area contributed by atoms with Gasteiger partial charge in [0.05, 0.1) is 26.8 Å². The van der Waals surface area contributed by atoms with Crippen molar-refractivity contribution >= 4 is 55.5 Å². The molecule has 7 heteroatoms. The van der Waals surface area contributed by atoms with Crippen LogP contribution in [0.5, 0.6) is 0 Å². The minimum Gasteiger partial charge on any atom is -0.332 e. The number of fused-ring (bicyclic) bond motifs is 2. The van der Waals surface area contributed by atoms with E-state index >= 15 is 0 Å². The maximum atomic E-state index is 12.9. The van der Waals surface area contributed by atoms with Gasteiger partial charge < -0.3 is 10.3 Å². The summed E-state index contributed by atoms with van der Waals surface area (Å²) in [6, 6.07) is 23.0. The highest BCUT2D eigenvalue weighted by atomic mass is 32.1. The van der Waals surface area contributed by atoms with Gasteiger partial charge in [-0.25, -0.2) is 4.98 Å². The van der Waals surface area contributed by atoms with Crippen molar-refractivity contribution < 1.29 is 0 Å². The number of nitrogens with one attached hydrogen (secondary N) is 2. The van der Waals surface area contributed by atoms with Crippen molar-refractivity contribution in [2.75, 3.05) is 5.32 Å².